The Morgan fingerprint density at radius 1 is 1.27 bits per heavy atom. The molecule has 0 fully saturated rings. The first-order valence-electron chi connectivity index (χ1n) is 5.05. The quantitative estimate of drug-likeness (QED) is 0.490. The number of ether oxygens (including phenoxy) is 1. The van der Waals surface area contributed by atoms with Gasteiger partial charge in [-0.2, -0.15) is 13.2 Å². The molecule has 1 nitrogen and oxygen atoms in total. The molecule has 0 spiro atoms. The second kappa shape index (κ2) is 7.34. The van der Waals surface area contributed by atoms with E-state index in [1.165, 1.54) is 0 Å². The Kier molecular flexibility index (Phi) is 7.36. The molecule has 5 heteroatoms. The lowest BCUT2D eigenvalue weighted by molar-refractivity contribution is -0.174. The van der Waals surface area contributed by atoms with Crippen molar-refractivity contribution in [2.75, 3.05) is 19.1 Å². The maximum absolute atomic E-state index is 11.7. The summed E-state index contributed by atoms with van der Waals surface area (Å²) in [6.45, 7) is 3.10. The number of rotatable bonds is 7. The minimum Gasteiger partial charge on any atom is -0.372 e. The van der Waals surface area contributed by atoms with Crippen molar-refractivity contribution in [3.05, 3.63) is 0 Å². The number of halogens is 4. The van der Waals surface area contributed by atoms with E-state index in [1.54, 1.807) is 0 Å². The molecule has 0 rings (SSSR count). The predicted molar refractivity (Wildman–Crippen MR) is 55.2 cm³/mol. The van der Waals surface area contributed by atoms with Gasteiger partial charge in [-0.3, -0.25) is 0 Å². The summed E-state index contributed by atoms with van der Waals surface area (Å²) < 4.78 is 39.7. The van der Waals surface area contributed by atoms with Gasteiger partial charge in [0.1, 0.15) is 6.61 Å². The third-order valence-electron chi connectivity index (χ3n) is 1.96. The molecule has 0 aliphatic carbocycles. The third kappa shape index (κ3) is 10.3. The van der Waals surface area contributed by atoms with Crippen LogP contribution in [0.4, 0.5) is 13.2 Å². The molecule has 0 amide bonds. The highest BCUT2D eigenvalue weighted by Crippen LogP contribution is 2.18. The molecule has 0 radical (unpaired) electrons. The van der Waals surface area contributed by atoms with Crippen molar-refractivity contribution in [3.63, 3.8) is 0 Å². The molecule has 0 aromatic rings. The van der Waals surface area contributed by atoms with E-state index >= 15 is 0 Å². The molecule has 1 atom stereocenters. The summed E-state index contributed by atoms with van der Waals surface area (Å²) in [6, 6.07) is 0. The maximum Gasteiger partial charge on any atom is 0.411 e. The summed E-state index contributed by atoms with van der Waals surface area (Å²) in [4.78, 5) is 0. The Bertz CT molecular complexity index is 159. The standard InChI is InChI=1S/C10H18ClF3O/c1-8(2)5-9(6-11)3-4-15-7-10(12,13)14/h8-9H,3-7H2,1-2H3. The van der Waals surface area contributed by atoms with E-state index in [4.69, 9.17) is 11.6 Å². The van der Waals surface area contributed by atoms with E-state index < -0.39 is 12.8 Å². The van der Waals surface area contributed by atoms with Crippen LogP contribution in [0.2, 0.25) is 0 Å². The zero-order chi connectivity index (χ0) is 11.9. The number of hydrogen-bond acceptors (Lipinski definition) is 1. The topological polar surface area (TPSA) is 9.23 Å². The first-order valence-corrected chi connectivity index (χ1v) is 5.59. The lowest BCUT2D eigenvalue weighted by atomic mass is 9.96. The van der Waals surface area contributed by atoms with Crippen molar-refractivity contribution >= 4 is 11.6 Å². The van der Waals surface area contributed by atoms with Crippen LogP contribution < -0.4 is 0 Å². The molecular formula is C10H18ClF3O. The summed E-state index contributed by atoms with van der Waals surface area (Å²) in [5, 5.41) is 0. The second-order valence-electron chi connectivity index (χ2n) is 4.11. The summed E-state index contributed by atoms with van der Waals surface area (Å²) >= 11 is 5.70. The van der Waals surface area contributed by atoms with Gasteiger partial charge in [-0.25, -0.2) is 0 Å². The molecule has 0 bridgehead atoms. The lowest BCUT2D eigenvalue weighted by Gasteiger charge is -2.16. The van der Waals surface area contributed by atoms with Crippen molar-refractivity contribution in [1.82, 2.24) is 0 Å². The highest BCUT2D eigenvalue weighted by atomic mass is 35.5. The van der Waals surface area contributed by atoms with E-state index in [9.17, 15) is 13.2 Å². The monoisotopic (exact) mass is 246 g/mol. The van der Waals surface area contributed by atoms with Crippen molar-refractivity contribution in [2.24, 2.45) is 11.8 Å². The predicted octanol–water partition coefficient (Wildman–Crippen LogP) is 3.86. The first kappa shape index (κ1) is 15.0. The van der Waals surface area contributed by atoms with Crippen LogP contribution in [0.25, 0.3) is 0 Å². The molecule has 0 heterocycles. The Morgan fingerprint density at radius 3 is 2.27 bits per heavy atom. The summed E-state index contributed by atoms with van der Waals surface area (Å²) in [6.07, 6.45) is -2.70. The van der Waals surface area contributed by atoms with Crippen LogP contribution in [-0.4, -0.2) is 25.3 Å². The second-order valence-corrected chi connectivity index (χ2v) is 4.41. The van der Waals surface area contributed by atoms with E-state index in [-0.39, 0.29) is 12.5 Å². The highest BCUT2D eigenvalue weighted by molar-refractivity contribution is 6.18. The van der Waals surface area contributed by atoms with Gasteiger partial charge in [-0.1, -0.05) is 13.8 Å². The molecule has 0 aliphatic heterocycles. The average molecular weight is 247 g/mol. The summed E-state index contributed by atoms with van der Waals surface area (Å²) in [5.41, 5.74) is 0. The fraction of sp³-hybridized carbons (Fsp3) is 1.00. The van der Waals surface area contributed by atoms with Gasteiger partial charge >= 0.3 is 6.18 Å². The van der Waals surface area contributed by atoms with Gasteiger partial charge in [-0.05, 0) is 24.7 Å². The molecular weight excluding hydrogens is 229 g/mol. The summed E-state index contributed by atoms with van der Waals surface area (Å²) in [5.74, 6) is 1.24. The van der Waals surface area contributed by atoms with Gasteiger partial charge in [0.2, 0.25) is 0 Å². The third-order valence-corrected chi connectivity index (χ3v) is 2.40. The normalized spacial score (nSPS) is 14.6. The van der Waals surface area contributed by atoms with Crippen LogP contribution in [-0.2, 0) is 4.74 Å². The van der Waals surface area contributed by atoms with Gasteiger partial charge in [0.05, 0.1) is 0 Å². The molecule has 0 aromatic carbocycles. The van der Waals surface area contributed by atoms with Crippen molar-refractivity contribution in [2.45, 2.75) is 32.9 Å². The van der Waals surface area contributed by atoms with Gasteiger partial charge in [0.15, 0.2) is 0 Å². The smallest absolute Gasteiger partial charge is 0.372 e. The molecule has 0 N–H and O–H groups in total. The van der Waals surface area contributed by atoms with Crippen molar-refractivity contribution in [3.8, 4) is 0 Å². The Hall–Kier alpha value is 0.0400. The largest absolute Gasteiger partial charge is 0.411 e. The highest BCUT2D eigenvalue weighted by Gasteiger charge is 2.27. The van der Waals surface area contributed by atoms with E-state index in [0.717, 1.165) is 6.42 Å². The Labute approximate surface area is 93.9 Å². The van der Waals surface area contributed by atoms with Gasteiger partial charge < -0.3 is 4.74 Å². The van der Waals surface area contributed by atoms with Gasteiger partial charge in [0, 0.05) is 12.5 Å². The van der Waals surface area contributed by atoms with E-state index in [0.29, 0.717) is 18.2 Å². The average Bonchev–Trinajstić information content (AvgIpc) is 2.08. The Balaban J connectivity index is 3.55. The van der Waals surface area contributed by atoms with E-state index in [2.05, 4.69) is 18.6 Å². The molecule has 0 saturated carbocycles. The zero-order valence-electron chi connectivity index (χ0n) is 9.11. The zero-order valence-corrected chi connectivity index (χ0v) is 9.87. The summed E-state index contributed by atoms with van der Waals surface area (Å²) in [7, 11) is 0. The molecule has 0 saturated heterocycles. The number of hydrogen-bond donors (Lipinski definition) is 0. The molecule has 1 unspecified atom stereocenters. The van der Waals surface area contributed by atoms with Crippen LogP contribution in [0.15, 0.2) is 0 Å². The van der Waals surface area contributed by atoms with Crippen LogP contribution in [0.3, 0.4) is 0 Å². The number of alkyl halides is 4. The van der Waals surface area contributed by atoms with Crippen LogP contribution >= 0.6 is 11.6 Å². The van der Waals surface area contributed by atoms with Gasteiger partial charge in [-0.15, -0.1) is 11.6 Å². The fourth-order valence-electron chi connectivity index (χ4n) is 1.36. The van der Waals surface area contributed by atoms with E-state index in [1.807, 2.05) is 0 Å². The van der Waals surface area contributed by atoms with Gasteiger partial charge in [0.25, 0.3) is 0 Å². The maximum atomic E-state index is 11.7. The fourth-order valence-corrected chi connectivity index (χ4v) is 1.64. The molecule has 0 aliphatic rings. The molecule has 15 heavy (non-hydrogen) atoms. The first-order chi connectivity index (χ1) is 6.85. The minimum atomic E-state index is -4.23. The minimum absolute atomic E-state index is 0.129. The molecule has 92 valence electrons. The SMILES string of the molecule is CC(C)CC(CCl)CCOCC(F)(F)F. The van der Waals surface area contributed by atoms with Crippen molar-refractivity contribution in [1.29, 1.82) is 0 Å². The van der Waals surface area contributed by atoms with Crippen molar-refractivity contribution < 1.29 is 17.9 Å². The van der Waals surface area contributed by atoms with Crippen LogP contribution in [0.5, 0.6) is 0 Å². The van der Waals surface area contributed by atoms with Crippen LogP contribution in [0, 0.1) is 11.8 Å². The van der Waals surface area contributed by atoms with Crippen LogP contribution in [0.1, 0.15) is 26.7 Å². The molecule has 0 aromatic heterocycles. The Morgan fingerprint density at radius 2 is 1.87 bits per heavy atom. The lowest BCUT2D eigenvalue weighted by Crippen LogP contribution is -2.19.